The highest BCUT2D eigenvalue weighted by atomic mass is 19.4. The Labute approximate surface area is 170 Å². The number of aromatic nitrogens is 1. The third kappa shape index (κ3) is 5.48. The molecule has 0 saturated carbocycles. The number of aryl methyl sites for hydroxylation is 1. The van der Waals surface area contributed by atoms with Crippen LogP contribution in [0.4, 0.5) is 13.2 Å². The zero-order chi connectivity index (χ0) is 21.4. The van der Waals surface area contributed by atoms with Gasteiger partial charge < -0.3 is 9.88 Å². The summed E-state index contributed by atoms with van der Waals surface area (Å²) < 4.78 is 41.5. The monoisotopic (exact) mass is 403 g/mol. The number of alkyl halides is 3. The number of halogens is 3. The summed E-state index contributed by atoms with van der Waals surface area (Å²) in [6, 6.07) is 4.05. The van der Waals surface area contributed by atoms with Crippen LogP contribution in [0, 0.1) is 0 Å². The largest absolute Gasteiger partial charge is 0.416 e. The Balaban J connectivity index is 0.000000941. The van der Waals surface area contributed by atoms with E-state index in [4.69, 9.17) is 0 Å². The molecule has 2 heterocycles. The molecule has 0 spiro atoms. The normalized spacial score (nSPS) is 14.4. The van der Waals surface area contributed by atoms with Crippen molar-refractivity contribution in [1.29, 1.82) is 0 Å². The zero-order valence-electron chi connectivity index (χ0n) is 17.0. The molecule has 0 aliphatic carbocycles. The molecule has 29 heavy (non-hydrogen) atoms. The summed E-state index contributed by atoms with van der Waals surface area (Å²) in [6.07, 6.45) is 4.40. The Morgan fingerprint density at radius 2 is 2.03 bits per heavy atom. The maximum Gasteiger partial charge on any atom is 0.416 e. The summed E-state index contributed by atoms with van der Waals surface area (Å²) in [5, 5.41) is 3.96. The van der Waals surface area contributed by atoms with E-state index in [2.05, 4.69) is 28.0 Å². The van der Waals surface area contributed by atoms with Crippen LogP contribution < -0.4 is 5.32 Å². The van der Waals surface area contributed by atoms with Gasteiger partial charge in [0.1, 0.15) is 0 Å². The van der Waals surface area contributed by atoms with Gasteiger partial charge in [0.05, 0.1) is 5.56 Å². The Morgan fingerprint density at radius 1 is 1.31 bits per heavy atom. The lowest BCUT2D eigenvalue weighted by molar-refractivity contribution is -0.137. The highest BCUT2D eigenvalue weighted by Crippen LogP contribution is 2.35. The molecule has 3 rings (SSSR count). The van der Waals surface area contributed by atoms with Crippen LogP contribution in [0.2, 0.25) is 0 Å². The van der Waals surface area contributed by atoms with Gasteiger partial charge >= 0.3 is 6.18 Å². The fourth-order valence-electron chi connectivity index (χ4n) is 3.56. The van der Waals surface area contributed by atoms with Crippen molar-refractivity contribution in [3.05, 3.63) is 72.0 Å². The molecule has 156 valence electrons. The number of nitrogens with one attached hydrogen (secondary N) is 1. The standard InChI is InChI=1S/C20H22F3N3.C3H6/c1-3-4-14(12-24-2)8-10-26-18-6-5-15(20(21,22)23)11-16(18)17-13-25-9-7-19(17)26;1-3-2/h3-6,11-12,25H,1,7-10,13H2,2H3;3H,1H2,2H3/b14-4-,24-12?;. The second kappa shape index (κ2) is 10.3. The van der Waals surface area contributed by atoms with Gasteiger partial charge in [0.2, 0.25) is 0 Å². The van der Waals surface area contributed by atoms with Gasteiger partial charge in [0, 0.05) is 55.9 Å². The van der Waals surface area contributed by atoms with Crippen molar-refractivity contribution >= 4 is 17.1 Å². The second-order valence-electron chi connectivity index (χ2n) is 6.76. The van der Waals surface area contributed by atoms with Crippen molar-refractivity contribution in [2.45, 2.75) is 39.0 Å². The van der Waals surface area contributed by atoms with E-state index in [1.54, 1.807) is 31.5 Å². The minimum absolute atomic E-state index is 0.596. The van der Waals surface area contributed by atoms with Crippen LogP contribution in [0.1, 0.15) is 30.2 Å². The number of benzene rings is 1. The number of nitrogens with zero attached hydrogens (tertiary/aromatic N) is 2. The number of hydrogen-bond donors (Lipinski definition) is 1. The van der Waals surface area contributed by atoms with Crippen LogP contribution in [0.25, 0.3) is 10.9 Å². The van der Waals surface area contributed by atoms with Gasteiger partial charge in [-0.3, -0.25) is 4.99 Å². The van der Waals surface area contributed by atoms with Crippen molar-refractivity contribution in [3.8, 4) is 0 Å². The molecule has 0 unspecified atom stereocenters. The molecular weight excluding hydrogens is 375 g/mol. The first-order valence-corrected chi connectivity index (χ1v) is 9.60. The summed E-state index contributed by atoms with van der Waals surface area (Å²) in [6.45, 7) is 11.1. The van der Waals surface area contributed by atoms with Crippen molar-refractivity contribution in [2.75, 3.05) is 13.6 Å². The van der Waals surface area contributed by atoms with Crippen LogP contribution in [-0.4, -0.2) is 24.4 Å². The van der Waals surface area contributed by atoms with E-state index in [1.165, 1.54) is 12.1 Å². The van der Waals surface area contributed by atoms with Crippen LogP contribution in [0.3, 0.4) is 0 Å². The molecule has 6 heteroatoms. The summed E-state index contributed by atoms with van der Waals surface area (Å²) in [7, 11) is 1.72. The third-order valence-electron chi connectivity index (χ3n) is 4.71. The molecule has 0 atom stereocenters. The summed E-state index contributed by atoms with van der Waals surface area (Å²) in [5.74, 6) is 0. The number of hydrogen-bond acceptors (Lipinski definition) is 2. The Bertz CT molecular complexity index is 918. The lowest BCUT2D eigenvalue weighted by Crippen LogP contribution is -2.24. The summed E-state index contributed by atoms with van der Waals surface area (Å²) >= 11 is 0. The summed E-state index contributed by atoms with van der Waals surface area (Å²) in [5.41, 5.74) is 3.41. The zero-order valence-corrected chi connectivity index (χ0v) is 17.0. The molecule has 0 amide bonds. The van der Waals surface area contributed by atoms with Gasteiger partial charge in [-0.1, -0.05) is 24.8 Å². The highest BCUT2D eigenvalue weighted by molar-refractivity contribution is 5.87. The average Bonchev–Trinajstić information content (AvgIpc) is 3.00. The van der Waals surface area contributed by atoms with E-state index in [1.807, 2.05) is 13.0 Å². The fourth-order valence-corrected chi connectivity index (χ4v) is 3.56. The summed E-state index contributed by atoms with van der Waals surface area (Å²) in [4.78, 5) is 4.06. The second-order valence-corrected chi connectivity index (χ2v) is 6.76. The number of rotatable bonds is 5. The molecule has 1 aliphatic rings. The molecule has 1 N–H and O–H groups in total. The maximum absolute atomic E-state index is 13.1. The van der Waals surface area contributed by atoms with E-state index >= 15 is 0 Å². The van der Waals surface area contributed by atoms with E-state index in [0.29, 0.717) is 18.5 Å². The van der Waals surface area contributed by atoms with Gasteiger partial charge in [0.15, 0.2) is 0 Å². The topological polar surface area (TPSA) is 29.3 Å². The van der Waals surface area contributed by atoms with Crippen molar-refractivity contribution < 1.29 is 13.2 Å². The minimum atomic E-state index is -4.33. The molecule has 1 aromatic carbocycles. The van der Waals surface area contributed by atoms with Crippen LogP contribution in [0.5, 0.6) is 0 Å². The van der Waals surface area contributed by atoms with E-state index in [0.717, 1.165) is 41.7 Å². The predicted molar refractivity (Wildman–Crippen MR) is 116 cm³/mol. The first-order valence-electron chi connectivity index (χ1n) is 9.60. The molecular formula is C23H28F3N3. The fraction of sp³-hybridized carbons (Fsp3) is 0.348. The minimum Gasteiger partial charge on any atom is -0.344 e. The number of aliphatic imine (C=N–C) groups is 1. The molecule has 1 aliphatic heterocycles. The molecule has 0 radical (unpaired) electrons. The Morgan fingerprint density at radius 3 is 2.66 bits per heavy atom. The predicted octanol–water partition coefficient (Wildman–Crippen LogP) is 5.70. The van der Waals surface area contributed by atoms with Gasteiger partial charge in [-0.25, -0.2) is 0 Å². The Kier molecular flexibility index (Phi) is 8.02. The van der Waals surface area contributed by atoms with E-state index in [9.17, 15) is 13.2 Å². The highest BCUT2D eigenvalue weighted by Gasteiger charge is 2.31. The first-order chi connectivity index (χ1) is 13.9. The quantitative estimate of drug-likeness (QED) is 0.387. The van der Waals surface area contributed by atoms with Gasteiger partial charge in [0.25, 0.3) is 0 Å². The lowest BCUT2D eigenvalue weighted by atomic mass is 10.0. The van der Waals surface area contributed by atoms with Gasteiger partial charge in [-0.2, -0.15) is 13.2 Å². The molecule has 1 aromatic heterocycles. The molecule has 2 aromatic rings. The van der Waals surface area contributed by atoms with Gasteiger partial charge in [-0.15, -0.1) is 6.58 Å². The van der Waals surface area contributed by atoms with Crippen molar-refractivity contribution in [2.24, 2.45) is 4.99 Å². The SMILES string of the molecule is C=C/C=C(\C=NC)CCn1c2c(c3cc(C(F)(F)F)ccc31)CNCC2.C=CC. The molecule has 0 fully saturated rings. The van der Waals surface area contributed by atoms with Gasteiger partial charge in [-0.05, 0) is 42.7 Å². The Hall–Kier alpha value is -2.60. The smallest absolute Gasteiger partial charge is 0.344 e. The first kappa shape index (κ1) is 22.7. The van der Waals surface area contributed by atoms with E-state index < -0.39 is 11.7 Å². The third-order valence-corrected chi connectivity index (χ3v) is 4.71. The number of allylic oxidation sites excluding steroid dienone is 4. The van der Waals surface area contributed by atoms with E-state index in [-0.39, 0.29) is 0 Å². The maximum atomic E-state index is 13.1. The van der Waals surface area contributed by atoms with Crippen molar-refractivity contribution in [3.63, 3.8) is 0 Å². The lowest BCUT2D eigenvalue weighted by Gasteiger charge is -2.17. The molecule has 3 nitrogen and oxygen atoms in total. The van der Waals surface area contributed by atoms with Crippen molar-refractivity contribution in [1.82, 2.24) is 9.88 Å². The number of fused-ring (bicyclic) bond motifs is 3. The molecule has 0 saturated heterocycles. The average molecular weight is 403 g/mol. The van der Waals surface area contributed by atoms with Crippen LogP contribution >= 0.6 is 0 Å². The van der Waals surface area contributed by atoms with Crippen LogP contribution in [-0.2, 0) is 25.7 Å². The van der Waals surface area contributed by atoms with Crippen LogP contribution in [0.15, 0.2) is 60.2 Å². The molecule has 0 bridgehead atoms.